The molecule has 1 fully saturated rings. The molecule has 1 heterocycles. The Labute approximate surface area is 78.9 Å². The van der Waals surface area contributed by atoms with Gasteiger partial charge in [0.15, 0.2) is 0 Å². The first-order valence-corrected chi connectivity index (χ1v) is 5.04. The highest BCUT2D eigenvalue weighted by Gasteiger charge is 2.22. The van der Waals surface area contributed by atoms with Gasteiger partial charge in [-0.15, -0.1) is 0 Å². The van der Waals surface area contributed by atoms with Crippen LogP contribution in [0.25, 0.3) is 0 Å². The number of hydrogen-bond donors (Lipinski definition) is 1. The van der Waals surface area contributed by atoms with E-state index in [9.17, 15) is 0 Å². The summed E-state index contributed by atoms with van der Waals surface area (Å²) in [6.07, 6.45) is 5.90. The normalized spacial score (nSPS) is 19.8. The van der Waals surface area contributed by atoms with Gasteiger partial charge in [-0.25, -0.2) is 0 Å². The molecule has 1 aliphatic rings. The van der Waals surface area contributed by atoms with Gasteiger partial charge in [0.2, 0.25) is 0 Å². The molecule has 1 aromatic rings. The first kappa shape index (κ1) is 8.75. The third kappa shape index (κ3) is 1.75. The molecule has 0 saturated heterocycles. The van der Waals surface area contributed by atoms with Crippen molar-refractivity contribution in [2.45, 2.75) is 44.7 Å². The summed E-state index contributed by atoms with van der Waals surface area (Å²) in [6, 6.07) is 2.32. The third-order valence-electron chi connectivity index (χ3n) is 2.73. The van der Waals surface area contributed by atoms with Crippen molar-refractivity contribution in [2.75, 3.05) is 0 Å². The topological polar surface area (TPSA) is 43.8 Å². The minimum absolute atomic E-state index is 0.193. The van der Waals surface area contributed by atoms with E-state index in [1.807, 2.05) is 13.1 Å². The van der Waals surface area contributed by atoms with Crippen molar-refractivity contribution in [1.29, 1.82) is 0 Å². The van der Waals surface area contributed by atoms with E-state index >= 15 is 0 Å². The SMILES string of the molecule is CC(N)Cn1nccc1C1CCC1. The standard InChI is InChI=1S/C10H17N3/c1-8(11)7-13-10(5-6-12-13)9-3-2-4-9/h5-6,8-9H,2-4,7,11H2,1H3. The van der Waals surface area contributed by atoms with Crippen molar-refractivity contribution < 1.29 is 0 Å². The van der Waals surface area contributed by atoms with Crippen molar-refractivity contribution in [1.82, 2.24) is 9.78 Å². The van der Waals surface area contributed by atoms with Gasteiger partial charge >= 0.3 is 0 Å². The second-order valence-corrected chi connectivity index (χ2v) is 4.04. The molecule has 2 rings (SSSR count). The highest BCUT2D eigenvalue weighted by molar-refractivity contribution is 5.10. The van der Waals surface area contributed by atoms with E-state index in [1.54, 1.807) is 0 Å². The van der Waals surface area contributed by atoms with Crippen LogP contribution in [0.2, 0.25) is 0 Å². The van der Waals surface area contributed by atoms with Gasteiger partial charge in [-0.3, -0.25) is 4.68 Å². The zero-order chi connectivity index (χ0) is 9.26. The van der Waals surface area contributed by atoms with Gasteiger partial charge in [0.25, 0.3) is 0 Å². The smallest absolute Gasteiger partial charge is 0.0561 e. The number of nitrogens with two attached hydrogens (primary N) is 1. The van der Waals surface area contributed by atoms with Crippen LogP contribution in [-0.2, 0) is 6.54 Å². The average Bonchev–Trinajstić information content (AvgIpc) is 2.32. The molecule has 3 nitrogen and oxygen atoms in total. The molecule has 3 heteroatoms. The molecule has 0 aromatic carbocycles. The van der Waals surface area contributed by atoms with Crippen LogP contribution in [0.1, 0.15) is 37.8 Å². The first-order valence-electron chi connectivity index (χ1n) is 5.04. The van der Waals surface area contributed by atoms with Gasteiger partial charge in [-0.2, -0.15) is 5.10 Å². The van der Waals surface area contributed by atoms with Crippen LogP contribution in [0.15, 0.2) is 12.3 Å². The van der Waals surface area contributed by atoms with Crippen LogP contribution in [0.5, 0.6) is 0 Å². The van der Waals surface area contributed by atoms with Gasteiger partial charge in [-0.1, -0.05) is 6.42 Å². The molecule has 1 aliphatic carbocycles. The van der Waals surface area contributed by atoms with E-state index in [0.29, 0.717) is 0 Å². The Morgan fingerprint density at radius 3 is 3.00 bits per heavy atom. The molecule has 0 amide bonds. The quantitative estimate of drug-likeness (QED) is 0.764. The molecular weight excluding hydrogens is 162 g/mol. The molecule has 1 saturated carbocycles. The van der Waals surface area contributed by atoms with Crippen molar-refractivity contribution >= 4 is 0 Å². The van der Waals surface area contributed by atoms with Crippen LogP contribution < -0.4 is 5.73 Å². The van der Waals surface area contributed by atoms with E-state index < -0.39 is 0 Å². The highest BCUT2D eigenvalue weighted by Crippen LogP contribution is 2.35. The fourth-order valence-electron chi connectivity index (χ4n) is 1.82. The Hall–Kier alpha value is -0.830. The van der Waals surface area contributed by atoms with E-state index in [0.717, 1.165) is 12.5 Å². The fourth-order valence-corrected chi connectivity index (χ4v) is 1.82. The van der Waals surface area contributed by atoms with Crippen LogP contribution in [0.4, 0.5) is 0 Å². The predicted octanol–water partition coefficient (Wildman–Crippen LogP) is 1.50. The molecule has 0 spiro atoms. The summed E-state index contributed by atoms with van der Waals surface area (Å²) in [5, 5.41) is 4.30. The van der Waals surface area contributed by atoms with Crippen LogP contribution in [-0.4, -0.2) is 15.8 Å². The van der Waals surface area contributed by atoms with Crippen LogP contribution >= 0.6 is 0 Å². The van der Waals surface area contributed by atoms with Gasteiger partial charge in [0.1, 0.15) is 0 Å². The lowest BCUT2D eigenvalue weighted by atomic mass is 9.83. The maximum atomic E-state index is 5.75. The molecule has 1 atom stereocenters. The minimum Gasteiger partial charge on any atom is -0.326 e. The van der Waals surface area contributed by atoms with Gasteiger partial charge in [0, 0.05) is 23.9 Å². The van der Waals surface area contributed by atoms with E-state index in [-0.39, 0.29) is 6.04 Å². The Bertz CT molecular complexity index is 273. The summed E-state index contributed by atoms with van der Waals surface area (Å²) in [7, 11) is 0. The maximum Gasteiger partial charge on any atom is 0.0561 e. The fraction of sp³-hybridized carbons (Fsp3) is 0.700. The molecule has 0 aliphatic heterocycles. The second kappa shape index (κ2) is 3.50. The average molecular weight is 179 g/mol. The predicted molar refractivity (Wildman–Crippen MR) is 52.5 cm³/mol. The minimum atomic E-state index is 0.193. The third-order valence-corrected chi connectivity index (χ3v) is 2.73. The zero-order valence-electron chi connectivity index (χ0n) is 8.11. The Balaban J connectivity index is 2.10. The molecule has 72 valence electrons. The van der Waals surface area contributed by atoms with Crippen LogP contribution in [0, 0.1) is 0 Å². The molecule has 1 unspecified atom stereocenters. The van der Waals surface area contributed by atoms with E-state index in [4.69, 9.17) is 5.73 Å². The molecule has 0 radical (unpaired) electrons. The van der Waals surface area contributed by atoms with Crippen LogP contribution in [0.3, 0.4) is 0 Å². The van der Waals surface area contributed by atoms with Gasteiger partial charge in [-0.05, 0) is 25.8 Å². The highest BCUT2D eigenvalue weighted by atomic mass is 15.3. The number of hydrogen-bond acceptors (Lipinski definition) is 2. The van der Waals surface area contributed by atoms with E-state index in [1.165, 1.54) is 25.0 Å². The molecule has 0 bridgehead atoms. The summed E-state index contributed by atoms with van der Waals surface area (Å²) in [5.41, 5.74) is 7.13. The zero-order valence-corrected chi connectivity index (χ0v) is 8.11. The lowest BCUT2D eigenvalue weighted by Crippen LogP contribution is -2.25. The summed E-state index contributed by atoms with van der Waals surface area (Å²) in [6.45, 7) is 2.87. The largest absolute Gasteiger partial charge is 0.326 e. The Kier molecular flexibility index (Phi) is 2.36. The summed E-state index contributed by atoms with van der Waals surface area (Å²) in [4.78, 5) is 0. The van der Waals surface area contributed by atoms with Gasteiger partial charge in [0.05, 0.1) is 6.54 Å². The summed E-state index contributed by atoms with van der Waals surface area (Å²) in [5.74, 6) is 0.751. The Morgan fingerprint density at radius 1 is 1.69 bits per heavy atom. The van der Waals surface area contributed by atoms with Crippen molar-refractivity contribution in [3.8, 4) is 0 Å². The number of aromatic nitrogens is 2. The van der Waals surface area contributed by atoms with Crippen molar-refractivity contribution in [3.63, 3.8) is 0 Å². The molecular formula is C10H17N3. The summed E-state index contributed by atoms with van der Waals surface area (Å²) >= 11 is 0. The summed E-state index contributed by atoms with van der Waals surface area (Å²) < 4.78 is 2.06. The number of nitrogens with zero attached hydrogens (tertiary/aromatic N) is 2. The van der Waals surface area contributed by atoms with E-state index in [2.05, 4.69) is 15.8 Å². The Morgan fingerprint density at radius 2 is 2.46 bits per heavy atom. The second-order valence-electron chi connectivity index (χ2n) is 4.04. The number of rotatable bonds is 3. The monoisotopic (exact) mass is 179 g/mol. The molecule has 1 aromatic heterocycles. The molecule has 2 N–H and O–H groups in total. The lowest BCUT2D eigenvalue weighted by Gasteiger charge is -2.26. The van der Waals surface area contributed by atoms with Crippen molar-refractivity contribution in [2.24, 2.45) is 5.73 Å². The molecule has 13 heavy (non-hydrogen) atoms. The van der Waals surface area contributed by atoms with Crippen molar-refractivity contribution in [3.05, 3.63) is 18.0 Å². The van der Waals surface area contributed by atoms with Gasteiger partial charge < -0.3 is 5.73 Å². The first-order chi connectivity index (χ1) is 6.27. The maximum absolute atomic E-state index is 5.75. The lowest BCUT2D eigenvalue weighted by molar-refractivity contribution is 0.381.